The van der Waals surface area contributed by atoms with Crippen LogP contribution in [0.2, 0.25) is 0 Å². The zero-order valence-corrected chi connectivity index (χ0v) is 10.4. The number of carbonyl (C=O) groups is 1. The maximum Gasteiger partial charge on any atom is 0.242 e. The Bertz CT molecular complexity index is 431. The maximum absolute atomic E-state index is 13.3. The summed E-state index contributed by atoms with van der Waals surface area (Å²) in [5.74, 6) is -0.249. The van der Waals surface area contributed by atoms with Crippen LogP contribution in [0.1, 0.15) is 5.56 Å². The van der Waals surface area contributed by atoms with E-state index in [1.807, 2.05) is 0 Å². The second-order valence-electron chi connectivity index (χ2n) is 4.26. The molecule has 0 atom stereocenters. The van der Waals surface area contributed by atoms with Gasteiger partial charge in [0.25, 0.3) is 0 Å². The van der Waals surface area contributed by atoms with Gasteiger partial charge >= 0.3 is 0 Å². The molecule has 0 aromatic heterocycles. The largest absolute Gasteiger partial charge is 0.378 e. The SMILES string of the molecule is Cc1c(F)cccc1NCC(=O)N1CCOCC1. The van der Waals surface area contributed by atoms with E-state index in [1.165, 1.54) is 6.07 Å². The van der Waals surface area contributed by atoms with Crippen molar-refractivity contribution in [2.75, 3.05) is 38.2 Å². The monoisotopic (exact) mass is 252 g/mol. The first kappa shape index (κ1) is 12.8. The number of amides is 1. The Labute approximate surface area is 106 Å². The quantitative estimate of drug-likeness (QED) is 0.884. The number of morpholine rings is 1. The van der Waals surface area contributed by atoms with Crippen molar-refractivity contribution in [3.63, 3.8) is 0 Å². The Balaban J connectivity index is 1.90. The summed E-state index contributed by atoms with van der Waals surface area (Å²) in [5.41, 5.74) is 1.20. The molecule has 98 valence electrons. The van der Waals surface area contributed by atoms with Crippen LogP contribution in [0.5, 0.6) is 0 Å². The summed E-state index contributed by atoms with van der Waals surface area (Å²) in [6.07, 6.45) is 0. The number of carbonyl (C=O) groups excluding carboxylic acids is 1. The molecule has 1 saturated heterocycles. The van der Waals surface area contributed by atoms with E-state index in [4.69, 9.17) is 4.74 Å². The molecule has 0 aliphatic carbocycles. The van der Waals surface area contributed by atoms with Crippen molar-refractivity contribution in [2.45, 2.75) is 6.92 Å². The van der Waals surface area contributed by atoms with Gasteiger partial charge in [0.15, 0.2) is 0 Å². The van der Waals surface area contributed by atoms with Gasteiger partial charge in [0, 0.05) is 24.3 Å². The lowest BCUT2D eigenvalue weighted by atomic mass is 10.2. The van der Waals surface area contributed by atoms with Crippen LogP contribution in [-0.2, 0) is 9.53 Å². The van der Waals surface area contributed by atoms with Crippen molar-refractivity contribution >= 4 is 11.6 Å². The molecule has 0 saturated carbocycles. The van der Waals surface area contributed by atoms with Crippen molar-refractivity contribution in [3.8, 4) is 0 Å². The zero-order chi connectivity index (χ0) is 13.0. The summed E-state index contributed by atoms with van der Waals surface area (Å²) in [6, 6.07) is 4.80. The van der Waals surface area contributed by atoms with E-state index in [2.05, 4.69) is 5.32 Å². The minimum atomic E-state index is -0.265. The van der Waals surface area contributed by atoms with Crippen LogP contribution in [-0.4, -0.2) is 43.7 Å². The topological polar surface area (TPSA) is 41.6 Å². The average Bonchev–Trinajstić information content (AvgIpc) is 2.41. The Morgan fingerprint density at radius 3 is 2.89 bits per heavy atom. The molecule has 1 aliphatic heterocycles. The predicted molar refractivity (Wildman–Crippen MR) is 67.0 cm³/mol. The van der Waals surface area contributed by atoms with Gasteiger partial charge in [0.2, 0.25) is 5.91 Å². The second-order valence-corrected chi connectivity index (χ2v) is 4.26. The van der Waals surface area contributed by atoms with Gasteiger partial charge in [-0.3, -0.25) is 4.79 Å². The number of ether oxygens (including phenoxy) is 1. The van der Waals surface area contributed by atoms with Crippen LogP contribution in [0.3, 0.4) is 0 Å². The minimum absolute atomic E-state index is 0.0157. The fourth-order valence-corrected chi connectivity index (χ4v) is 1.89. The van der Waals surface area contributed by atoms with Crippen molar-refractivity contribution in [2.24, 2.45) is 0 Å². The van der Waals surface area contributed by atoms with E-state index in [1.54, 1.807) is 24.0 Å². The summed E-state index contributed by atoms with van der Waals surface area (Å²) in [5, 5.41) is 2.98. The number of rotatable bonds is 3. The highest BCUT2D eigenvalue weighted by molar-refractivity contribution is 5.81. The molecule has 4 nitrogen and oxygen atoms in total. The number of nitrogens with one attached hydrogen (secondary N) is 1. The maximum atomic E-state index is 13.3. The summed E-state index contributed by atoms with van der Waals surface area (Å²) in [4.78, 5) is 13.6. The van der Waals surface area contributed by atoms with E-state index in [0.29, 0.717) is 37.6 Å². The molecule has 0 bridgehead atoms. The molecular formula is C13H17FN2O2. The number of halogens is 1. The highest BCUT2D eigenvalue weighted by Gasteiger charge is 2.16. The Morgan fingerprint density at radius 1 is 1.44 bits per heavy atom. The van der Waals surface area contributed by atoms with Crippen LogP contribution < -0.4 is 5.32 Å². The van der Waals surface area contributed by atoms with Crippen molar-refractivity contribution in [1.82, 2.24) is 4.90 Å². The molecule has 18 heavy (non-hydrogen) atoms. The fourth-order valence-electron chi connectivity index (χ4n) is 1.89. The Morgan fingerprint density at radius 2 is 2.17 bits per heavy atom. The molecule has 1 aliphatic rings. The lowest BCUT2D eigenvalue weighted by Crippen LogP contribution is -2.43. The number of hydrogen-bond acceptors (Lipinski definition) is 3. The van der Waals surface area contributed by atoms with E-state index >= 15 is 0 Å². The van der Waals surface area contributed by atoms with Gasteiger partial charge in [0.1, 0.15) is 5.82 Å². The molecule has 2 rings (SSSR count). The van der Waals surface area contributed by atoms with Crippen LogP contribution in [0, 0.1) is 12.7 Å². The van der Waals surface area contributed by atoms with E-state index in [-0.39, 0.29) is 18.3 Å². The van der Waals surface area contributed by atoms with Gasteiger partial charge in [-0.05, 0) is 19.1 Å². The highest BCUT2D eigenvalue weighted by Crippen LogP contribution is 2.17. The van der Waals surface area contributed by atoms with E-state index in [9.17, 15) is 9.18 Å². The van der Waals surface area contributed by atoms with Gasteiger partial charge in [-0.25, -0.2) is 4.39 Å². The fraction of sp³-hybridized carbons (Fsp3) is 0.462. The van der Waals surface area contributed by atoms with Crippen molar-refractivity contribution < 1.29 is 13.9 Å². The molecule has 1 fully saturated rings. The zero-order valence-electron chi connectivity index (χ0n) is 10.4. The molecule has 1 amide bonds. The molecule has 1 N–H and O–H groups in total. The lowest BCUT2D eigenvalue weighted by Gasteiger charge is -2.27. The molecular weight excluding hydrogens is 235 g/mol. The van der Waals surface area contributed by atoms with E-state index in [0.717, 1.165) is 0 Å². The first-order chi connectivity index (χ1) is 8.68. The Kier molecular flexibility index (Phi) is 4.15. The molecule has 1 aromatic carbocycles. The molecule has 0 spiro atoms. The highest BCUT2D eigenvalue weighted by atomic mass is 19.1. The third-order valence-corrected chi connectivity index (χ3v) is 3.06. The number of hydrogen-bond donors (Lipinski definition) is 1. The molecule has 0 unspecified atom stereocenters. The molecule has 1 heterocycles. The standard InChI is InChI=1S/C13H17FN2O2/c1-10-11(14)3-2-4-12(10)15-9-13(17)16-5-7-18-8-6-16/h2-4,15H,5-9H2,1H3. The average molecular weight is 252 g/mol. The van der Waals surface area contributed by atoms with Crippen LogP contribution in [0.15, 0.2) is 18.2 Å². The first-order valence-corrected chi connectivity index (χ1v) is 6.03. The number of benzene rings is 1. The predicted octanol–water partition coefficient (Wildman–Crippen LogP) is 1.40. The van der Waals surface area contributed by atoms with Gasteiger partial charge in [-0.1, -0.05) is 6.07 Å². The summed E-state index contributed by atoms with van der Waals surface area (Å²) >= 11 is 0. The number of nitrogens with zero attached hydrogens (tertiary/aromatic N) is 1. The van der Waals surface area contributed by atoms with Crippen LogP contribution in [0.25, 0.3) is 0 Å². The summed E-state index contributed by atoms with van der Waals surface area (Å²) in [6.45, 7) is 4.31. The molecule has 0 radical (unpaired) electrons. The van der Waals surface area contributed by atoms with Gasteiger partial charge < -0.3 is 15.0 Å². The van der Waals surface area contributed by atoms with Gasteiger partial charge in [-0.15, -0.1) is 0 Å². The lowest BCUT2D eigenvalue weighted by molar-refractivity contribution is -0.133. The summed E-state index contributed by atoms with van der Waals surface area (Å²) < 4.78 is 18.5. The molecule has 1 aromatic rings. The first-order valence-electron chi connectivity index (χ1n) is 6.03. The normalized spacial score (nSPS) is 15.6. The van der Waals surface area contributed by atoms with Gasteiger partial charge in [-0.2, -0.15) is 0 Å². The third kappa shape index (κ3) is 2.98. The summed E-state index contributed by atoms with van der Waals surface area (Å²) in [7, 11) is 0. The third-order valence-electron chi connectivity index (χ3n) is 3.06. The smallest absolute Gasteiger partial charge is 0.242 e. The Hall–Kier alpha value is -1.62. The van der Waals surface area contributed by atoms with Crippen molar-refractivity contribution in [1.29, 1.82) is 0 Å². The van der Waals surface area contributed by atoms with E-state index < -0.39 is 0 Å². The number of anilines is 1. The second kappa shape index (κ2) is 5.82. The molecule has 5 heteroatoms. The minimum Gasteiger partial charge on any atom is -0.378 e. The van der Waals surface area contributed by atoms with Gasteiger partial charge in [0.05, 0.1) is 19.8 Å². The van der Waals surface area contributed by atoms with Crippen LogP contribution in [0.4, 0.5) is 10.1 Å². The van der Waals surface area contributed by atoms with Crippen molar-refractivity contribution in [3.05, 3.63) is 29.6 Å². The van der Waals surface area contributed by atoms with Crippen LogP contribution >= 0.6 is 0 Å².